The maximum Gasteiger partial charge on any atom is 0.327 e. The van der Waals surface area contributed by atoms with Crippen LogP contribution in [0.15, 0.2) is 6.33 Å². The van der Waals surface area contributed by atoms with Gasteiger partial charge in [-0.1, -0.05) is 11.4 Å². The molecule has 0 aliphatic carbocycles. The van der Waals surface area contributed by atoms with E-state index >= 15 is 0 Å². The van der Waals surface area contributed by atoms with E-state index in [-0.39, 0.29) is 41.1 Å². The normalized spacial score (nSPS) is 28.1. The highest BCUT2D eigenvalue weighted by atomic mass is 32.7. The number of nitrogens with one attached hydrogen (secondary N) is 1. The SMILES string of the molecule is COc1nc(N)nc2c1ncn2C1O[C@H](COP(=O)(NC(C)C(=O)OC(C)C)SCC2CC(=O)N(C)C2=O)[C@@H](O)[C@@]1(C)O. The number of ether oxygens (including phenoxy) is 3. The van der Waals surface area contributed by atoms with Gasteiger partial charge in [0.25, 0.3) is 0 Å². The van der Waals surface area contributed by atoms with Gasteiger partial charge in [0.05, 0.1) is 32.1 Å². The molecule has 0 radical (unpaired) electrons. The quantitative estimate of drug-likeness (QED) is 0.137. The van der Waals surface area contributed by atoms with Crippen molar-refractivity contribution >= 4 is 53.0 Å². The van der Waals surface area contributed by atoms with Crippen molar-refractivity contribution in [3.05, 3.63) is 6.33 Å². The molecule has 4 heterocycles. The van der Waals surface area contributed by atoms with Crippen molar-refractivity contribution in [1.29, 1.82) is 0 Å². The number of aromatic nitrogens is 4. The summed E-state index contributed by atoms with van der Waals surface area (Å²) in [4.78, 5) is 50.2. The number of esters is 1. The summed E-state index contributed by atoms with van der Waals surface area (Å²) < 4.78 is 37.5. The molecule has 238 valence electrons. The molecule has 4 rings (SSSR count). The molecular formula is C24H36N7O10PS. The number of aliphatic hydroxyl groups is 2. The van der Waals surface area contributed by atoms with E-state index in [0.29, 0.717) is 0 Å². The minimum atomic E-state index is -4.01. The summed E-state index contributed by atoms with van der Waals surface area (Å²) >= 11 is 0.739. The third-order valence-corrected chi connectivity index (χ3v) is 11.2. The van der Waals surface area contributed by atoms with E-state index in [4.69, 9.17) is 24.5 Å². The number of nitrogens with zero attached hydrogens (tertiary/aromatic N) is 5. The van der Waals surface area contributed by atoms with Gasteiger partial charge in [0, 0.05) is 19.2 Å². The van der Waals surface area contributed by atoms with Gasteiger partial charge < -0.3 is 34.7 Å². The van der Waals surface area contributed by atoms with Crippen LogP contribution in [0.3, 0.4) is 0 Å². The molecule has 7 atom stereocenters. The van der Waals surface area contributed by atoms with Gasteiger partial charge in [-0.25, -0.2) is 10.1 Å². The molecule has 2 aromatic heterocycles. The number of imidazole rings is 1. The van der Waals surface area contributed by atoms with E-state index in [9.17, 15) is 29.2 Å². The summed E-state index contributed by atoms with van der Waals surface area (Å²) in [5.74, 6) is -2.27. The van der Waals surface area contributed by atoms with Gasteiger partial charge in [-0.05, 0) is 27.7 Å². The first-order chi connectivity index (χ1) is 20.1. The van der Waals surface area contributed by atoms with Crippen molar-refractivity contribution < 1.29 is 47.9 Å². The Morgan fingerprint density at radius 2 is 2.05 bits per heavy atom. The standard InChI is InChI=1S/C24H36N7O10PS/c1-11(2)40-21(35)12(3)29-42(37,43-9-13-7-15(32)30(5)20(13)34)39-8-14-17(33)24(4,36)22(41-14)31-10-26-16-18(31)27-23(25)28-19(16)38-6/h10-14,17,22,33,36H,7-9H2,1-6H3,(H,29,37)(H2,25,27,28)/t12?,13?,14-,17-,22?,24-,42?/m1/s1. The minimum Gasteiger partial charge on any atom is -0.479 e. The fourth-order valence-corrected chi connectivity index (χ4v) is 8.67. The third kappa shape index (κ3) is 6.79. The van der Waals surface area contributed by atoms with E-state index in [1.807, 2.05) is 0 Å². The second-order valence-electron chi connectivity index (χ2n) is 10.7. The Kier molecular flexibility index (Phi) is 9.71. The number of likely N-dealkylation sites (tertiary alicyclic amines) is 1. The monoisotopic (exact) mass is 645 g/mol. The molecule has 2 saturated heterocycles. The number of aliphatic hydroxyl groups excluding tert-OH is 1. The number of hydrogen-bond donors (Lipinski definition) is 4. The van der Waals surface area contributed by atoms with Crippen LogP contribution in [0.1, 0.15) is 40.3 Å². The molecule has 2 amide bonds. The predicted molar refractivity (Wildman–Crippen MR) is 153 cm³/mol. The fraction of sp³-hybridized carbons (Fsp3) is 0.667. The second-order valence-corrected chi connectivity index (χ2v) is 15.0. The van der Waals surface area contributed by atoms with Crippen LogP contribution in [0.5, 0.6) is 5.88 Å². The first kappa shape index (κ1) is 33.0. The van der Waals surface area contributed by atoms with Gasteiger partial charge in [-0.2, -0.15) is 9.97 Å². The summed E-state index contributed by atoms with van der Waals surface area (Å²) in [7, 11) is 2.75. The molecule has 5 N–H and O–H groups in total. The van der Waals surface area contributed by atoms with Crippen molar-refractivity contribution in [3.63, 3.8) is 0 Å². The fourth-order valence-electron chi connectivity index (χ4n) is 4.66. The van der Waals surface area contributed by atoms with Gasteiger partial charge in [-0.3, -0.25) is 28.4 Å². The van der Waals surface area contributed by atoms with Gasteiger partial charge in [-0.15, -0.1) is 0 Å². The van der Waals surface area contributed by atoms with Gasteiger partial charge in [0.2, 0.25) is 23.6 Å². The molecule has 0 saturated carbocycles. The van der Waals surface area contributed by atoms with Crippen LogP contribution in [0, 0.1) is 5.92 Å². The van der Waals surface area contributed by atoms with E-state index in [1.165, 1.54) is 38.9 Å². The molecule has 4 unspecified atom stereocenters. The number of rotatable bonds is 12. The first-order valence-corrected chi connectivity index (χ1v) is 16.6. The Morgan fingerprint density at radius 3 is 2.65 bits per heavy atom. The highest BCUT2D eigenvalue weighted by molar-refractivity contribution is 8.56. The summed E-state index contributed by atoms with van der Waals surface area (Å²) in [6.45, 7) is 1.59. The number of nitrogen functional groups attached to an aromatic ring is 1. The Hall–Kier alpha value is -2.86. The van der Waals surface area contributed by atoms with E-state index < -0.39 is 67.3 Å². The number of fused-ring (bicyclic) bond motifs is 1. The number of hydrogen-bond acceptors (Lipinski definition) is 15. The molecular weight excluding hydrogens is 609 g/mol. The summed E-state index contributed by atoms with van der Waals surface area (Å²) in [5, 5.41) is 24.9. The minimum absolute atomic E-state index is 0.0520. The van der Waals surface area contributed by atoms with E-state index in [2.05, 4.69) is 20.0 Å². The lowest BCUT2D eigenvalue weighted by atomic mass is 9.96. The molecule has 0 bridgehead atoms. The van der Waals surface area contributed by atoms with Gasteiger partial charge >= 0.3 is 12.7 Å². The van der Waals surface area contributed by atoms with Crippen molar-refractivity contribution in [3.8, 4) is 5.88 Å². The lowest BCUT2D eigenvalue weighted by Gasteiger charge is -2.27. The molecule has 17 nitrogen and oxygen atoms in total. The lowest BCUT2D eigenvalue weighted by molar-refractivity contribution is -0.149. The van der Waals surface area contributed by atoms with Gasteiger partial charge in [0.1, 0.15) is 23.9 Å². The molecule has 19 heteroatoms. The maximum atomic E-state index is 14.0. The average Bonchev–Trinajstić information content (AvgIpc) is 3.53. The van der Waals surface area contributed by atoms with E-state index in [0.717, 1.165) is 16.3 Å². The number of carbonyl (C=O) groups excluding carboxylic acids is 3. The average molecular weight is 646 g/mol. The zero-order valence-corrected chi connectivity index (χ0v) is 26.2. The largest absolute Gasteiger partial charge is 0.479 e. The Bertz CT molecular complexity index is 1440. The molecule has 2 aromatic rings. The van der Waals surface area contributed by atoms with E-state index in [1.54, 1.807) is 13.8 Å². The van der Waals surface area contributed by atoms with Crippen molar-refractivity contribution in [2.75, 3.05) is 32.3 Å². The summed E-state index contributed by atoms with van der Waals surface area (Å²) in [6, 6.07) is -1.08. The summed E-state index contributed by atoms with van der Waals surface area (Å²) in [6.07, 6.45) is -3.16. The van der Waals surface area contributed by atoms with Crippen LogP contribution in [-0.4, -0.2) is 109 Å². The smallest absolute Gasteiger partial charge is 0.327 e. The number of carbonyl (C=O) groups is 3. The second kappa shape index (κ2) is 12.6. The van der Waals surface area contributed by atoms with Crippen molar-refractivity contribution in [1.82, 2.24) is 29.5 Å². The number of anilines is 1. The zero-order chi connectivity index (χ0) is 31.9. The molecule has 43 heavy (non-hydrogen) atoms. The first-order valence-electron chi connectivity index (χ1n) is 13.4. The van der Waals surface area contributed by atoms with Crippen molar-refractivity contribution in [2.24, 2.45) is 5.92 Å². The van der Waals surface area contributed by atoms with Gasteiger partial charge in [0.15, 0.2) is 17.4 Å². The van der Waals surface area contributed by atoms with Crippen LogP contribution in [0.4, 0.5) is 5.95 Å². The molecule has 2 fully saturated rings. The molecule has 0 spiro atoms. The summed E-state index contributed by atoms with van der Waals surface area (Å²) in [5.41, 5.74) is 4.30. The number of methoxy groups -OCH3 is 1. The number of imide groups is 1. The van der Waals surface area contributed by atoms with Crippen LogP contribution in [-0.2, 0) is 32.9 Å². The maximum absolute atomic E-state index is 14.0. The van der Waals surface area contributed by atoms with Crippen LogP contribution >= 0.6 is 18.1 Å². The Morgan fingerprint density at radius 1 is 1.35 bits per heavy atom. The lowest BCUT2D eigenvalue weighted by Crippen LogP contribution is -2.44. The van der Waals surface area contributed by atoms with Crippen LogP contribution in [0.2, 0.25) is 0 Å². The highest BCUT2D eigenvalue weighted by Gasteiger charge is 2.54. The van der Waals surface area contributed by atoms with Crippen molar-refractivity contribution in [2.45, 2.75) is 70.3 Å². The molecule has 0 aromatic carbocycles. The predicted octanol–water partition coefficient (Wildman–Crippen LogP) is 0.219. The highest BCUT2D eigenvalue weighted by Crippen LogP contribution is 2.58. The molecule has 2 aliphatic rings. The third-order valence-electron chi connectivity index (χ3n) is 6.99. The topological polar surface area (TPSA) is 231 Å². The van der Waals surface area contributed by atoms with Crippen LogP contribution in [0.25, 0.3) is 11.2 Å². The number of nitrogens with two attached hydrogens (primary N) is 1. The van der Waals surface area contributed by atoms with Crippen LogP contribution < -0.4 is 15.6 Å². The Balaban J connectivity index is 1.53. The zero-order valence-electron chi connectivity index (χ0n) is 24.5. The number of amides is 2. The Labute approximate surface area is 251 Å². The molecule has 2 aliphatic heterocycles.